The highest BCUT2D eigenvalue weighted by Gasteiger charge is 2.34. The van der Waals surface area contributed by atoms with E-state index in [1.807, 2.05) is 0 Å². The van der Waals surface area contributed by atoms with Gasteiger partial charge in [0.25, 0.3) is 0 Å². The second-order valence-electron chi connectivity index (χ2n) is 3.95. The van der Waals surface area contributed by atoms with Gasteiger partial charge in [-0.05, 0) is 19.8 Å². The summed E-state index contributed by atoms with van der Waals surface area (Å²) in [6, 6.07) is -0.614. The predicted octanol–water partition coefficient (Wildman–Crippen LogP) is 1.12. The molecule has 1 fully saturated rings. The molecule has 1 saturated carbocycles. The van der Waals surface area contributed by atoms with Crippen LogP contribution in [-0.4, -0.2) is 22.9 Å². The average molecular weight is 212 g/mol. The van der Waals surface area contributed by atoms with Gasteiger partial charge < -0.3 is 5.32 Å². The summed E-state index contributed by atoms with van der Waals surface area (Å²) in [5.74, 6) is -0.820. The maximum absolute atomic E-state index is 11.6. The summed E-state index contributed by atoms with van der Waals surface area (Å²) in [5, 5.41) is 13.5. The number of hydrogen-bond donors (Lipinski definition) is 1. The lowest BCUT2D eigenvalue weighted by Gasteiger charge is -2.15. The standard InChI is InChI=1S/C10H16N2O3/c1-3-4-9(12(14)15)7(2)10(13)11-8-5-6-8/h3,7-9H,1,4-6H2,2H3,(H,11,13). The number of nitrogens with one attached hydrogen (secondary N) is 1. The molecule has 0 aromatic carbocycles. The molecule has 0 saturated heterocycles. The van der Waals surface area contributed by atoms with Crippen molar-refractivity contribution < 1.29 is 9.72 Å². The van der Waals surface area contributed by atoms with E-state index < -0.39 is 16.9 Å². The van der Waals surface area contributed by atoms with E-state index in [9.17, 15) is 14.9 Å². The molecule has 5 nitrogen and oxygen atoms in total. The van der Waals surface area contributed by atoms with Crippen molar-refractivity contribution in [1.29, 1.82) is 0 Å². The van der Waals surface area contributed by atoms with Crippen molar-refractivity contribution in [2.45, 2.75) is 38.3 Å². The summed E-state index contributed by atoms with van der Waals surface area (Å²) >= 11 is 0. The van der Waals surface area contributed by atoms with Gasteiger partial charge in [0.1, 0.15) is 5.92 Å². The first-order valence-corrected chi connectivity index (χ1v) is 5.11. The fraction of sp³-hybridized carbons (Fsp3) is 0.700. The van der Waals surface area contributed by atoms with E-state index in [0.29, 0.717) is 0 Å². The smallest absolute Gasteiger partial charge is 0.230 e. The molecule has 1 aliphatic rings. The first kappa shape index (κ1) is 11.7. The normalized spacial score (nSPS) is 19.0. The van der Waals surface area contributed by atoms with Crippen molar-refractivity contribution in [3.8, 4) is 0 Å². The van der Waals surface area contributed by atoms with Crippen molar-refractivity contribution in [3.05, 3.63) is 22.8 Å². The van der Waals surface area contributed by atoms with Crippen LogP contribution in [0.4, 0.5) is 0 Å². The van der Waals surface area contributed by atoms with Crippen LogP contribution in [0.5, 0.6) is 0 Å². The minimum atomic E-state index is -0.860. The molecule has 5 heteroatoms. The van der Waals surface area contributed by atoms with Crippen LogP contribution in [0.1, 0.15) is 26.2 Å². The second kappa shape index (κ2) is 4.91. The lowest BCUT2D eigenvalue weighted by Crippen LogP contribution is -2.40. The lowest BCUT2D eigenvalue weighted by atomic mass is 9.98. The van der Waals surface area contributed by atoms with E-state index in [0.717, 1.165) is 12.8 Å². The van der Waals surface area contributed by atoms with Gasteiger partial charge in [-0.15, -0.1) is 6.58 Å². The van der Waals surface area contributed by atoms with E-state index in [1.54, 1.807) is 6.92 Å². The topological polar surface area (TPSA) is 72.2 Å². The van der Waals surface area contributed by atoms with Crippen LogP contribution in [0.25, 0.3) is 0 Å². The zero-order chi connectivity index (χ0) is 11.4. The average Bonchev–Trinajstić information content (AvgIpc) is 2.96. The molecule has 0 radical (unpaired) electrons. The molecule has 2 unspecified atom stereocenters. The molecule has 15 heavy (non-hydrogen) atoms. The Morgan fingerprint density at radius 3 is 2.73 bits per heavy atom. The number of carbonyl (C=O) groups excluding carboxylic acids is 1. The highest BCUT2D eigenvalue weighted by Crippen LogP contribution is 2.20. The van der Waals surface area contributed by atoms with Gasteiger partial charge >= 0.3 is 0 Å². The predicted molar refractivity (Wildman–Crippen MR) is 55.9 cm³/mol. The maximum Gasteiger partial charge on any atom is 0.230 e. The second-order valence-corrected chi connectivity index (χ2v) is 3.95. The summed E-state index contributed by atoms with van der Waals surface area (Å²) in [6.07, 6.45) is 3.69. The quantitative estimate of drug-likeness (QED) is 0.407. The van der Waals surface area contributed by atoms with Crippen molar-refractivity contribution in [2.24, 2.45) is 5.92 Å². The largest absolute Gasteiger partial charge is 0.353 e. The van der Waals surface area contributed by atoms with Crippen LogP contribution >= 0.6 is 0 Å². The minimum Gasteiger partial charge on any atom is -0.353 e. The lowest BCUT2D eigenvalue weighted by molar-refractivity contribution is -0.527. The third-order valence-electron chi connectivity index (χ3n) is 2.59. The van der Waals surface area contributed by atoms with E-state index in [1.165, 1.54) is 6.08 Å². The molecular weight excluding hydrogens is 196 g/mol. The van der Waals surface area contributed by atoms with Crippen molar-refractivity contribution >= 4 is 5.91 Å². The van der Waals surface area contributed by atoms with E-state index in [4.69, 9.17) is 0 Å². The van der Waals surface area contributed by atoms with Crippen LogP contribution < -0.4 is 5.32 Å². The minimum absolute atomic E-state index is 0.221. The van der Waals surface area contributed by atoms with Crippen LogP contribution in [-0.2, 0) is 4.79 Å². The van der Waals surface area contributed by atoms with Crippen LogP contribution in [0, 0.1) is 16.0 Å². The molecule has 0 bridgehead atoms. The number of rotatable bonds is 6. The van der Waals surface area contributed by atoms with E-state index >= 15 is 0 Å². The Kier molecular flexibility index (Phi) is 3.82. The van der Waals surface area contributed by atoms with Crippen LogP contribution in [0.3, 0.4) is 0 Å². The van der Waals surface area contributed by atoms with Crippen molar-refractivity contribution in [2.75, 3.05) is 0 Å². The zero-order valence-electron chi connectivity index (χ0n) is 8.81. The summed E-state index contributed by atoms with van der Waals surface area (Å²) in [5.41, 5.74) is 0. The number of amides is 1. The molecule has 0 heterocycles. The monoisotopic (exact) mass is 212 g/mol. The summed E-state index contributed by atoms with van der Waals surface area (Å²) in [7, 11) is 0. The number of hydrogen-bond acceptors (Lipinski definition) is 3. The summed E-state index contributed by atoms with van der Waals surface area (Å²) in [4.78, 5) is 21.9. The van der Waals surface area contributed by atoms with Crippen molar-refractivity contribution in [1.82, 2.24) is 5.32 Å². The van der Waals surface area contributed by atoms with E-state index in [-0.39, 0.29) is 18.4 Å². The Hall–Kier alpha value is -1.39. The third kappa shape index (κ3) is 3.34. The Labute approximate surface area is 88.7 Å². The van der Waals surface area contributed by atoms with Gasteiger partial charge in [0.05, 0.1) is 0 Å². The fourth-order valence-corrected chi connectivity index (χ4v) is 1.38. The SMILES string of the molecule is C=CCC(C(C)C(=O)NC1CC1)[N+](=O)[O-]. The van der Waals surface area contributed by atoms with Gasteiger partial charge in [-0.25, -0.2) is 0 Å². The zero-order valence-corrected chi connectivity index (χ0v) is 8.81. The molecule has 2 atom stereocenters. The summed E-state index contributed by atoms with van der Waals surface area (Å²) < 4.78 is 0. The maximum atomic E-state index is 11.6. The highest BCUT2D eigenvalue weighted by molar-refractivity contribution is 5.79. The molecule has 84 valence electrons. The third-order valence-corrected chi connectivity index (χ3v) is 2.59. The van der Waals surface area contributed by atoms with E-state index in [2.05, 4.69) is 11.9 Å². The molecular formula is C10H16N2O3. The van der Waals surface area contributed by atoms with Gasteiger partial charge in [-0.1, -0.05) is 6.08 Å². The van der Waals surface area contributed by atoms with Crippen LogP contribution in [0.2, 0.25) is 0 Å². The van der Waals surface area contributed by atoms with Crippen molar-refractivity contribution in [3.63, 3.8) is 0 Å². The van der Waals surface area contributed by atoms with Gasteiger partial charge in [0, 0.05) is 17.4 Å². The van der Waals surface area contributed by atoms with Gasteiger partial charge in [0.2, 0.25) is 11.9 Å². The Bertz CT molecular complexity index is 274. The summed E-state index contributed by atoms with van der Waals surface area (Å²) in [6.45, 7) is 5.05. The highest BCUT2D eigenvalue weighted by atomic mass is 16.6. The molecule has 1 aliphatic carbocycles. The Morgan fingerprint density at radius 2 is 2.33 bits per heavy atom. The van der Waals surface area contributed by atoms with Gasteiger partial charge in [-0.3, -0.25) is 14.9 Å². The Balaban J connectivity index is 2.52. The first-order valence-electron chi connectivity index (χ1n) is 5.11. The molecule has 0 aromatic heterocycles. The van der Waals surface area contributed by atoms with Gasteiger partial charge in [-0.2, -0.15) is 0 Å². The molecule has 0 aliphatic heterocycles. The van der Waals surface area contributed by atoms with Crippen LogP contribution in [0.15, 0.2) is 12.7 Å². The Morgan fingerprint density at radius 1 is 1.73 bits per heavy atom. The molecule has 1 amide bonds. The fourth-order valence-electron chi connectivity index (χ4n) is 1.38. The molecule has 1 N–H and O–H groups in total. The first-order chi connectivity index (χ1) is 7.06. The van der Waals surface area contributed by atoms with Gasteiger partial charge in [0.15, 0.2) is 0 Å². The molecule has 1 rings (SSSR count). The number of nitrogens with zero attached hydrogens (tertiary/aromatic N) is 1. The number of carbonyl (C=O) groups is 1. The molecule has 0 aromatic rings. The molecule has 0 spiro atoms. The number of nitro groups is 1.